The number of hydrogen-bond donors (Lipinski definition) is 2. The molecule has 0 amide bonds. The summed E-state index contributed by atoms with van der Waals surface area (Å²) in [5.74, 6) is 1.48. The van der Waals surface area contributed by atoms with Gasteiger partial charge in [-0.3, -0.25) is 14.3 Å². The summed E-state index contributed by atoms with van der Waals surface area (Å²) in [6.07, 6.45) is 0. The maximum Gasteiger partial charge on any atom is 0.329 e. The van der Waals surface area contributed by atoms with Crippen LogP contribution in [0.5, 0.6) is 0 Å². The summed E-state index contributed by atoms with van der Waals surface area (Å²) in [5.41, 5.74) is 0.0211. The van der Waals surface area contributed by atoms with Crippen molar-refractivity contribution in [2.24, 2.45) is 7.05 Å². The molecule has 3 aromatic rings. The molecule has 0 spiro atoms. The van der Waals surface area contributed by atoms with Crippen LogP contribution in [0.4, 0.5) is 5.95 Å². The minimum atomic E-state index is -0.449. The fourth-order valence-electron chi connectivity index (χ4n) is 3.33. The highest BCUT2D eigenvalue weighted by Gasteiger charge is 2.25. The number of hydrogen-bond acceptors (Lipinski definition) is 8. The highest BCUT2D eigenvalue weighted by atomic mass is 32.2. The van der Waals surface area contributed by atoms with Crippen molar-refractivity contribution in [3.05, 3.63) is 25.8 Å². The molecular formula is C16H23N8O2S2+. The van der Waals surface area contributed by atoms with Crippen LogP contribution >= 0.6 is 23.1 Å². The molecule has 1 aliphatic rings. The van der Waals surface area contributed by atoms with Crippen LogP contribution < -0.4 is 21.0 Å². The maximum atomic E-state index is 12.6. The molecular weight excluding hydrogens is 400 g/mol. The van der Waals surface area contributed by atoms with Crippen molar-refractivity contribution in [3.63, 3.8) is 0 Å². The standard InChI is InChI=1S/C16H22N8O2S2/c1-10-19-20-16(28-10)27-9-8-24-11-12(22(3)15(26)18-13(11)25)17-14(24)23-6-4-21(2)5-7-23/h4-9H2,1-3H3,(H,18,25,26)/p+1. The van der Waals surface area contributed by atoms with Gasteiger partial charge in [-0.15, -0.1) is 10.2 Å². The second-order valence-corrected chi connectivity index (χ2v) is 9.46. The van der Waals surface area contributed by atoms with Crippen molar-refractivity contribution in [1.82, 2.24) is 29.3 Å². The van der Waals surface area contributed by atoms with Crippen molar-refractivity contribution >= 4 is 40.2 Å². The normalized spacial score (nSPS) is 15.6. The van der Waals surface area contributed by atoms with Gasteiger partial charge in [-0.05, 0) is 6.92 Å². The molecule has 2 N–H and O–H groups in total. The number of quaternary nitrogens is 1. The van der Waals surface area contributed by atoms with Gasteiger partial charge < -0.3 is 14.4 Å². The van der Waals surface area contributed by atoms with Gasteiger partial charge >= 0.3 is 5.69 Å². The molecule has 0 aliphatic carbocycles. The van der Waals surface area contributed by atoms with Gasteiger partial charge in [0.1, 0.15) is 5.01 Å². The summed E-state index contributed by atoms with van der Waals surface area (Å²) < 4.78 is 4.25. The Hall–Kier alpha value is -2.18. The van der Waals surface area contributed by atoms with E-state index in [0.717, 1.165) is 47.2 Å². The number of H-pyrrole nitrogens is 1. The Kier molecular flexibility index (Phi) is 5.25. The Labute approximate surface area is 169 Å². The summed E-state index contributed by atoms with van der Waals surface area (Å²) in [6.45, 7) is 6.27. The van der Waals surface area contributed by atoms with Crippen molar-refractivity contribution in [2.75, 3.05) is 43.9 Å². The maximum absolute atomic E-state index is 12.6. The van der Waals surface area contributed by atoms with Gasteiger partial charge in [0, 0.05) is 19.3 Å². The van der Waals surface area contributed by atoms with Crippen molar-refractivity contribution in [2.45, 2.75) is 17.8 Å². The zero-order valence-corrected chi connectivity index (χ0v) is 17.7. The molecule has 12 heteroatoms. The minimum Gasteiger partial charge on any atom is -0.334 e. The molecule has 0 saturated carbocycles. The van der Waals surface area contributed by atoms with Crippen LogP contribution in [-0.4, -0.2) is 68.3 Å². The van der Waals surface area contributed by atoms with Crippen LogP contribution in [0.3, 0.4) is 0 Å². The number of thioether (sulfide) groups is 1. The van der Waals surface area contributed by atoms with E-state index in [-0.39, 0.29) is 0 Å². The van der Waals surface area contributed by atoms with E-state index in [1.54, 1.807) is 30.1 Å². The molecule has 1 aliphatic heterocycles. The molecule has 0 aromatic carbocycles. The summed E-state index contributed by atoms with van der Waals surface area (Å²) in [6, 6.07) is 0. The third-order valence-corrected chi connectivity index (χ3v) is 6.89. The lowest BCUT2D eigenvalue weighted by Crippen LogP contribution is -3.12. The molecule has 4 heterocycles. The van der Waals surface area contributed by atoms with Crippen molar-refractivity contribution < 1.29 is 4.90 Å². The molecule has 1 fully saturated rings. The predicted octanol–water partition coefficient (Wildman–Crippen LogP) is -1.29. The highest BCUT2D eigenvalue weighted by Crippen LogP contribution is 2.24. The lowest BCUT2D eigenvalue weighted by atomic mass is 10.3. The SMILES string of the molecule is Cc1nnc(SCCn2c(N3CC[NH+](C)CC3)nc3c2c(=O)[nH]c(=O)n3C)s1. The first kappa shape index (κ1) is 19.2. The van der Waals surface area contributed by atoms with E-state index in [9.17, 15) is 9.59 Å². The fraction of sp³-hybridized carbons (Fsp3) is 0.562. The predicted molar refractivity (Wildman–Crippen MR) is 110 cm³/mol. The second kappa shape index (κ2) is 7.68. The number of nitrogens with one attached hydrogen (secondary N) is 2. The Bertz CT molecular complexity index is 1110. The van der Waals surface area contributed by atoms with E-state index in [1.807, 2.05) is 11.5 Å². The molecule has 3 aromatic heterocycles. The number of piperazine rings is 1. The number of fused-ring (bicyclic) bond motifs is 1. The van der Waals surface area contributed by atoms with Crippen LogP contribution in [0.1, 0.15) is 5.01 Å². The number of nitrogens with zero attached hydrogens (tertiary/aromatic N) is 6. The third-order valence-electron chi connectivity index (χ3n) is 4.93. The largest absolute Gasteiger partial charge is 0.334 e. The zero-order valence-electron chi connectivity index (χ0n) is 16.1. The first-order valence-electron chi connectivity index (χ1n) is 9.12. The number of aromatic nitrogens is 6. The molecule has 0 unspecified atom stereocenters. The monoisotopic (exact) mass is 423 g/mol. The van der Waals surface area contributed by atoms with Crippen molar-refractivity contribution in [1.29, 1.82) is 0 Å². The Balaban J connectivity index is 1.70. The molecule has 1 saturated heterocycles. The van der Waals surface area contributed by atoms with E-state index in [4.69, 9.17) is 4.98 Å². The number of rotatable bonds is 5. The average Bonchev–Trinajstić information content (AvgIpc) is 3.25. The number of imidazole rings is 1. The molecule has 0 radical (unpaired) electrons. The Morgan fingerprint density at radius 3 is 2.68 bits per heavy atom. The summed E-state index contributed by atoms with van der Waals surface area (Å²) in [7, 11) is 3.81. The van der Waals surface area contributed by atoms with Gasteiger partial charge in [-0.1, -0.05) is 23.1 Å². The van der Waals surface area contributed by atoms with Crippen LogP contribution in [0.25, 0.3) is 11.2 Å². The number of anilines is 1. The Morgan fingerprint density at radius 2 is 2.00 bits per heavy atom. The smallest absolute Gasteiger partial charge is 0.329 e. The van der Waals surface area contributed by atoms with Gasteiger partial charge in [0.15, 0.2) is 15.5 Å². The zero-order chi connectivity index (χ0) is 19.8. The van der Waals surface area contributed by atoms with Gasteiger partial charge in [0.25, 0.3) is 5.56 Å². The lowest BCUT2D eigenvalue weighted by molar-refractivity contribution is -0.880. The van der Waals surface area contributed by atoms with E-state index in [2.05, 4.69) is 27.1 Å². The molecule has 0 bridgehead atoms. The topological polar surface area (TPSA) is 106 Å². The van der Waals surface area contributed by atoms with E-state index < -0.39 is 11.2 Å². The Morgan fingerprint density at radius 1 is 1.25 bits per heavy atom. The highest BCUT2D eigenvalue weighted by molar-refractivity contribution is 8.01. The first-order chi connectivity index (χ1) is 13.4. The quantitative estimate of drug-likeness (QED) is 0.492. The van der Waals surface area contributed by atoms with Crippen LogP contribution in [-0.2, 0) is 13.6 Å². The van der Waals surface area contributed by atoms with Crippen LogP contribution in [0, 0.1) is 6.92 Å². The number of aryl methyl sites for hydroxylation is 3. The van der Waals surface area contributed by atoms with E-state index in [0.29, 0.717) is 17.7 Å². The minimum absolute atomic E-state index is 0.395. The molecule has 150 valence electrons. The average molecular weight is 424 g/mol. The van der Waals surface area contributed by atoms with Crippen LogP contribution in [0.15, 0.2) is 13.9 Å². The molecule has 28 heavy (non-hydrogen) atoms. The van der Waals surface area contributed by atoms with E-state index in [1.165, 1.54) is 9.47 Å². The lowest BCUT2D eigenvalue weighted by Gasteiger charge is -2.31. The fourth-order valence-corrected chi connectivity index (χ4v) is 5.14. The number of aromatic amines is 1. The summed E-state index contributed by atoms with van der Waals surface area (Å²) >= 11 is 3.17. The van der Waals surface area contributed by atoms with Crippen LogP contribution in [0.2, 0.25) is 0 Å². The van der Waals surface area contributed by atoms with Gasteiger partial charge in [0.2, 0.25) is 5.95 Å². The molecule has 10 nitrogen and oxygen atoms in total. The van der Waals surface area contributed by atoms with Crippen molar-refractivity contribution in [3.8, 4) is 0 Å². The summed E-state index contributed by atoms with van der Waals surface area (Å²) in [4.78, 5) is 35.4. The third kappa shape index (κ3) is 3.59. The van der Waals surface area contributed by atoms with Gasteiger partial charge in [-0.25, -0.2) is 4.79 Å². The second-order valence-electron chi connectivity index (χ2n) is 6.93. The van der Waals surface area contributed by atoms with E-state index >= 15 is 0 Å². The number of likely N-dealkylation sites (N-methyl/N-ethyl adjacent to an activating group) is 1. The first-order valence-corrected chi connectivity index (χ1v) is 10.9. The molecule has 0 atom stereocenters. The van der Waals surface area contributed by atoms with Gasteiger partial charge in [-0.2, -0.15) is 4.98 Å². The summed E-state index contributed by atoms with van der Waals surface area (Å²) in [5, 5.41) is 9.11. The van der Waals surface area contributed by atoms with Gasteiger partial charge in [0.05, 0.1) is 33.2 Å². The molecule has 4 rings (SSSR count).